The van der Waals surface area contributed by atoms with Gasteiger partial charge in [-0.3, -0.25) is 14.5 Å². The van der Waals surface area contributed by atoms with Crippen LogP contribution in [0.25, 0.3) is 0 Å². The number of carbonyl (C=O) groups excluding carboxylic acids is 2. The average molecular weight is 503 g/mol. The van der Waals surface area contributed by atoms with Crippen LogP contribution in [0.5, 0.6) is 11.5 Å². The van der Waals surface area contributed by atoms with Gasteiger partial charge in [0.15, 0.2) is 18.1 Å². The summed E-state index contributed by atoms with van der Waals surface area (Å²) in [5.41, 5.74) is 9.72. The lowest BCUT2D eigenvalue weighted by Crippen LogP contribution is -2.39. The lowest BCUT2D eigenvalue weighted by atomic mass is 9.96. The van der Waals surface area contributed by atoms with Crippen molar-refractivity contribution in [2.75, 3.05) is 26.8 Å². The van der Waals surface area contributed by atoms with Crippen LogP contribution in [0.2, 0.25) is 0 Å². The molecule has 9 heteroatoms. The second kappa shape index (κ2) is 11.6. The molecule has 2 aromatic rings. The van der Waals surface area contributed by atoms with Crippen molar-refractivity contribution in [2.45, 2.75) is 19.4 Å². The van der Waals surface area contributed by atoms with Crippen molar-refractivity contribution in [3.8, 4) is 11.5 Å². The van der Waals surface area contributed by atoms with E-state index in [4.69, 9.17) is 15.2 Å². The van der Waals surface area contributed by atoms with Crippen LogP contribution >= 0.6 is 15.9 Å². The van der Waals surface area contributed by atoms with Gasteiger partial charge >= 0.3 is 0 Å². The molecular formula is C23H27BrN4O4. The van der Waals surface area contributed by atoms with E-state index in [-0.39, 0.29) is 18.4 Å². The monoisotopic (exact) mass is 502 g/mol. The maximum Gasteiger partial charge on any atom is 0.255 e. The summed E-state index contributed by atoms with van der Waals surface area (Å²) in [4.78, 5) is 25.7. The maximum absolute atomic E-state index is 12.5. The minimum absolute atomic E-state index is 0.0487. The van der Waals surface area contributed by atoms with Gasteiger partial charge in [-0.15, -0.1) is 0 Å². The normalized spacial score (nSPS) is 14.9. The summed E-state index contributed by atoms with van der Waals surface area (Å²) >= 11 is 3.45. The van der Waals surface area contributed by atoms with Crippen molar-refractivity contribution in [1.82, 2.24) is 10.3 Å². The van der Waals surface area contributed by atoms with Gasteiger partial charge in [0.05, 0.1) is 13.3 Å². The number of hydrogen-bond donors (Lipinski definition) is 2. The first-order valence-corrected chi connectivity index (χ1v) is 11.1. The molecule has 0 bridgehead atoms. The number of carbonyl (C=O) groups is 2. The minimum Gasteiger partial charge on any atom is -0.493 e. The van der Waals surface area contributed by atoms with Gasteiger partial charge in [-0.25, -0.2) is 5.43 Å². The summed E-state index contributed by atoms with van der Waals surface area (Å²) in [6.45, 7) is 2.41. The fraction of sp³-hybridized carbons (Fsp3) is 0.348. The number of ether oxygens (including phenoxy) is 2. The number of rotatable bonds is 9. The van der Waals surface area contributed by atoms with Crippen LogP contribution in [-0.4, -0.2) is 49.7 Å². The van der Waals surface area contributed by atoms with E-state index in [1.807, 2.05) is 12.1 Å². The topological polar surface area (TPSA) is 106 Å². The zero-order valence-electron chi connectivity index (χ0n) is 17.9. The van der Waals surface area contributed by atoms with E-state index < -0.39 is 5.91 Å². The first kappa shape index (κ1) is 23.7. The summed E-state index contributed by atoms with van der Waals surface area (Å²) < 4.78 is 11.6. The number of hydrazone groups is 1. The predicted molar refractivity (Wildman–Crippen MR) is 126 cm³/mol. The lowest BCUT2D eigenvalue weighted by molar-refractivity contribution is -0.126. The van der Waals surface area contributed by atoms with Crippen LogP contribution < -0.4 is 20.6 Å². The van der Waals surface area contributed by atoms with Crippen LogP contribution in [0.4, 0.5) is 0 Å². The van der Waals surface area contributed by atoms with Gasteiger partial charge in [0.25, 0.3) is 5.91 Å². The van der Waals surface area contributed by atoms with Gasteiger partial charge in [0, 0.05) is 16.9 Å². The van der Waals surface area contributed by atoms with Crippen LogP contribution in [0.3, 0.4) is 0 Å². The van der Waals surface area contributed by atoms with E-state index >= 15 is 0 Å². The van der Waals surface area contributed by atoms with Gasteiger partial charge in [-0.05, 0) is 67.4 Å². The highest BCUT2D eigenvalue weighted by molar-refractivity contribution is 9.10. The number of nitrogens with zero attached hydrogens (tertiary/aromatic N) is 2. The second-order valence-corrected chi connectivity index (χ2v) is 8.49. The molecule has 0 aliphatic carbocycles. The molecule has 0 unspecified atom stereocenters. The fourth-order valence-corrected chi connectivity index (χ4v) is 3.76. The van der Waals surface area contributed by atoms with Gasteiger partial charge in [-0.2, -0.15) is 5.10 Å². The van der Waals surface area contributed by atoms with Crippen molar-refractivity contribution in [2.24, 2.45) is 16.8 Å². The van der Waals surface area contributed by atoms with E-state index in [0.29, 0.717) is 11.5 Å². The highest BCUT2D eigenvalue weighted by Crippen LogP contribution is 2.27. The first-order valence-electron chi connectivity index (χ1n) is 10.3. The van der Waals surface area contributed by atoms with Crippen molar-refractivity contribution in [3.63, 3.8) is 0 Å². The summed E-state index contributed by atoms with van der Waals surface area (Å²) in [5.74, 6) is 0.159. The van der Waals surface area contributed by atoms with Crippen LogP contribution in [0, 0.1) is 5.92 Å². The van der Waals surface area contributed by atoms with Gasteiger partial charge in [-0.1, -0.05) is 28.1 Å². The van der Waals surface area contributed by atoms with Crippen LogP contribution in [0.15, 0.2) is 52.0 Å². The molecule has 0 atom stereocenters. The Labute approximate surface area is 195 Å². The molecule has 1 saturated heterocycles. The Morgan fingerprint density at radius 2 is 1.91 bits per heavy atom. The number of halogens is 1. The molecule has 1 heterocycles. The quantitative estimate of drug-likeness (QED) is 0.405. The second-order valence-electron chi connectivity index (χ2n) is 7.58. The fourth-order valence-electron chi connectivity index (χ4n) is 3.50. The van der Waals surface area contributed by atoms with Crippen molar-refractivity contribution < 1.29 is 19.1 Å². The molecule has 1 aliphatic heterocycles. The third kappa shape index (κ3) is 7.06. The standard InChI is InChI=1S/C23H27BrN4O4/c1-31-21-12-17(4-7-20(21)32-15-22(25)29)13-26-27-23(30)18-8-10-28(11-9-18)14-16-2-5-19(24)6-3-16/h2-7,12-13,18H,8-11,14-15H2,1H3,(H2,25,29)(H,27,30)/b26-13+. The summed E-state index contributed by atoms with van der Waals surface area (Å²) in [6.07, 6.45) is 3.15. The number of benzene rings is 2. The average Bonchev–Trinajstić information content (AvgIpc) is 2.80. The van der Waals surface area contributed by atoms with Crippen LogP contribution in [0.1, 0.15) is 24.0 Å². The van der Waals surface area contributed by atoms with E-state index in [1.165, 1.54) is 12.7 Å². The molecule has 170 valence electrons. The van der Waals surface area contributed by atoms with Gasteiger partial charge in [0.1, 0.15) is 0 Å². The third-order valence-electron chi connectivity index (χ3n) is 5.22. The molecule has 2 aromatic carbocycles. The number of amides is 2. The number of likely N-dealkylation sites (tertiary alicyclic amines) is 1. The van der Waals surface area contributed by atoms with Crippen molar-refractivity contribution in [1.29, 1.82) is 0 Å². The van der Waals surface area contributed by atoms with E-state index in [0.717, 1.165) is 42.5 Å². The van der Waals surface area contributed by atoms with Crippen molar-refractivity contribution in [3.05, 3.63) is 58.1 Å². The van der Waals surface area contributed by atoms with Gasteiger partial charge in [0.2, 0.25) is 5.91 Å². The molecule has 3 rings (SSSR count). The molecule has 1 fully saturated rings. The number of hydrogen-bond acceptors (Lipinski definition) is 6. The predicted octanol–water partition coefficient (Wildman–Crippen LogP) is 2.68. The molecule has 0 saturated carbocycles. The first-order chi connectivity index (χ1) is 15.4. The lowest BCUT2D eigenvalue weighted by Gasteiger charge is -2.30. The molecule has 0 spiro atoms. The Kier molecular flexibility index (Phi) is 8.64. The highest BCUT2D eigenvalue weighted by Gasteiger charge is 2.24. The smallest absolute Gasteiger partial charge is 0.255 e. The number of methoxy groups -OCH3 is 1. The SMILES string of the molecule is COc1cc(/C=N/NC(=O)C2CCN(Cc3ccc(Br)cc3)CC2)ccc1OCC(N)=O. The maximum atomic E-state index is 12.5. The molecule has 0 radical (unpaired) electrons. The largest absolute Gasteiger partial charge is 0.493 e. The Hall–Kier alpha value is -2.91. The third-order valence-corrected chi connectivity index (χ3v) is 5.75. The number of piperidine rings is 1. The minimum atomic E-state index is -0.570. The van der Waals surface area contributed by atoms with Gasteiger partial charge < -0.3 is 15.2 Å². The zero-order chi connectivity index (χ0) is 22.9. The molecule has 8 nitrogen and oxygen atoms in total. The molecular weight excluding hydrogens is 476 g/mol. The zero-order valence-corrected chi connectivity index (χ0v) is 19.5. The molecule has 0 aromatic heterocycles. The number of nitrogens with one attached hydrogen (secondary N) is 1. The van der Waals surface area contributed by atoms with E-state index in [1.54, 1.807) is 24.4 Å². The molecule has 2 amide bonds. The highest BCUT2D eigenvalue weighted by atomic mass is 79.9. The molecule has 1 aliphatic rings. The molecule has 32 heavy (non-hydrogen) atoms. The van der Waals surface area contributed by atoms with Crippen LogP contribution in [-0.2, 0) is 16.1 Å². The summed E-state index contributed by atoms with van der Waals surface area (Å²) in [7, 11) is 1.50. The van der Waals surface area contributed by atoms with E-state index in [9.17, 15) is 9.59 Å². The van der Waals surface area contributed by atoms with Crippen molar-refractivity contribution >= 4 is 34.0 Å². The Bertz CT molecular complexity index is 957. The summed E-state index contributed by atoms with van der Waals surface area (Å²) in [5, 5.41) is 4.08. The molecule has 3 N–H and O–H groups in total. The Balaban J connectivity index is 1.46. The number of nitrogens with two attached hydrogens (primary N) is 1. The Morgan fingerprint density at radius 3 is 2.56 bits per heavy atom. The Morgan fingerprint density at radius 1 is 1.19 bits per heavy atom. The number of primary amides is 1. The summed E-state index contributed by atoms with van der Waals surface area (Å²) in [6, 6.07) is 13.4. The van der Waals surface area contributed by atoms with E-state index in [2.05, 4.69) is 43.5 Å².